The maximum Gasteiger partial charge on any atom is 0.0715 e. The minimum Gasteiger partial charge on any atom is -0.374 e. The normalized spacial score (nSPS) is 13.4. The van der Waals surface area contributed by atoms with Crippen LogP contribution >= 0.6 is 0 Å². The third-order valence-corrected chi connectivity index (χ3v) is 10.9. The second-order valence-electron chi connectivity index (χ2n) is 14.4. The number of fused-ring (bicyclic) bond motifs is 3. The van der Waals surface area contributed by atoms with E-state index in [9.17, 15) is 0 Å². The highest BCUT2D eigenvalue weighted by molar-refractivity contribution is 6.10. The van der Waals surface area contributed by atoms with E-state index in [1.807, 2.05) is 0 Å². The zero-order chi connectivity index (χ0) is 37.3. The van der Waals surface area contributed by atoms with Gasteiger partial charge in [0.25, 0.3) is 0 Å². The number of rotatable bonds is 7. The van der Waals surface area contributed by atoms with Gasteiger partial charge < -0.3 is 5.32 Å². The molecule has 56 heavy (non-hydrogen) atoms. The number of pyridine rings is 1. The molecule has 2 nitrogen and oxygen atoms in total. The van der Waals surface area contributed by atoms with Crippen LogP contribution in [-0.2, 0) is 0 Å². The highest BCUT2D eigenvalue weighted by Gasteiger charge is 2.25. The molecule has 1 aliphatic rings. The van der Waals surface area contributed by atoms with E-state index in [4.69, 9.17) is 4.98 Å². The molecule has 0 aliphatic carbocycles. The van der Waals surface area contributed by atoms with Crippen LogP contribution in [0.1, 0.15) is 22.7 Å². The van der Waals surface area contributed by atoms with E-state index >= 15 is 0 Å². The largest absolute Gasteiger partial charge is 0.374 e. The summed E-state index contributed by atoms with van der Waals surface area (Å²) in [6.45, 7) is 0. The summed E-state index contributed by atoms with van der Waals surface area (Å²) in [4.78, 5) is 5.42. The van der Waals surface area contributed by atoms with Crippen molar-refractivity contribution in [3.63, 3.8) is 0 Å². The maximum absolute atomic E-state index is 5.42. The number of hydrogen-bond donors (Lipinski definition) is 1. The Kier molecular flexibility index (Phi) is 8.62. The van der Waals surface area contributed by atoms with Crippen LogP contribution in [0.5, 0.6) is 0 Å². The zero-order valence-corrected chi connectivity index (χ0v) is 30.8. The Hall–Kier alpha value is -7.29. The predicted molar refractivity (Wildman–Crippen MR) is 235 cm³/mol. The molecule has 8 aromatic carbocycles. The molecule has 1 aliphatic heterocycles. The van der Waals surface area contributed by atoms with Crippen LogP contribution in [-0.4, -0.2) is 4.98 Å². The molecule has 0 fully saturated rings. The van der Waals surface area contributed by atoms with E-state index in [1.165, 1.54) is 55.3 Å². The molecule has 0 amide bonds. The van der Waals surface area contributed by atoms with E-state index in [0.29, 0.717) is 0 Å². The van der Waals surface area contributed by atoms with Crippen LogP contribution in [0.3, 0.4) is 0 Å². The van der Waals surface area contributed by atoms with Crippen LogP contribution in [0.4, 0.5) is 5.69 Å². The molecule has 264 valence electrons. The van der Waals surface area contributed by atoms with E-state index in [1.54, 1.807) is 0 Å². The maximum atomic E-state index is 5.42. The molecule has 2 heterocycles. The lowest BCUT2D eigenvalue weighted by atomic mass is 9.84. The lowest BCUT2D eigenvalue weighted by Crippen LogP contribution is -2.15. The van der Waals surface area contributed by atoms with Crippen molar-refractivity contribution >= 4 is 22.0 Å². The first kappa shape index (κ1) is 33.3. The highest BCUT2D eigenvalue weighted by atomic mass is 14.9. The Morgan fingerprint density at radius 3 is 1.39 bits per heavy atom. The van der Waals surface area contributed by atoms with Crippen molar-refractivity contribution in [2.45, 2.75) is 6.04 Å². The summed E-state index contributed by atoms with van der Waals surface area (Å²) in [5.41, 5.74) is 17.0. The molecule has 1 N–H and O–H groups in total. The summed E-state index contributed by atoms with van der Waals surface area (Å²) in [6, 6.07) is 76.0. The fourth-order valence-electron chi connectivity index (χ4n) is 8.13. The van der Waals surface area contributed by atoms with Crippen molar-refractivity contribution in [3.8, 4) is 55.9 Å². The van der Waals surface area contributed by atoms with Gasteiger partial charge in [-0.25, -0.2) is 4.98 Å². The van der Waals surface area contributed by atoms with E-state index in [-0.39, 0.29) is 6.04 Å². The van der Waals surface area contributed by atoms with Gasteiger partial charge in [-0.3, -0.25) is 0 Å². The molecular weight excluding hydrogens is 677 g/mol. The number of nitrogens with one attached hydrogen (secondary N) is 1. The van der Waals surface area contributed by atoms with Gasteiger partial charge in [0, 0.05) is 22.4 Å². The van der Waals surface area contributed by atoms with E-state index < -0.39 is 0 Å². The average Bonchev–Trinajstić information content (AvgIpc) is 3.29. The van der Waals surface area contributed by atoms with Gasteiger partial charge >= 0.3 is 0 Å². The number of hydrogen-bond acceptors (Lipinski definition) is 2. The van der Waals surface area contributed by atoms with Crippen molar-refractivity contribution in [1.29, 1.82) is 0 Å². The standard InChI is InChI=1S/C54H38N2/c1-5-17-37(18-6-1)41-25-15-27-43(31-41)50-33-45(34-51(55-50)44-28-16-26-42(32-44)38-19-7-2-8-20-38)48-35-53-54(47-30-14-13-29-46(47)48)49(39-21-9-3-10-22-39)36-52(56-53)40-23-11-4-12-24-40/h1-36,52,56H. The van der Waals surface area contributed by atoms with Crippen molar-refractivity contribution in [1.82, 2.24) is 4.98 Å². The topological polar surface area (TPSA) is 24.9 Å². The zero-order valence-electron chi connectivity index (χ0n) is 30.8. The van der Waals surface area contributed by atoms with Gasteiger partial charge in [-0.1, -0.05) is 182 Å². The van der Waals surface area contributed by atoms with Crippen molar-refractivity contribution < 1.29 is 0 Å². The first-order valence-electron chi connectivity index (χ1n) is 19.2. The Bertz CT molecular complexity index is 2760. The summed E-state index contributed by atoms with van der Waals surface area (Å²) >= 11 is 0. The molecule has 0 spiro atoms. The van der Waals surface area contributed by atoms with Gasteiger partial charge in [0.1, 0.15) is 0 Å². The summed E-state index contributed by atoms with van der Waals surface area (Å²) in [7, 11) is 0. The Labute approximate surface area is 328 Å². The summed E-state index contributed by atoms with van der Waals surface area (Å²) in [6.07, 6.45) is 2.39. The highest BCUT2D eigenvalue weighted by Crippen LogP contribution is 2.46. The van der Waals surface area contributed by atoms with Gasteiger partial charge in [-0.05, 0) is 97.3 Å². The fourth-order valence-corrected chi connectivity index (χ4v) is 8.13. The molecule has 1 atom stereocenters. The number of nitrogens with zero attached hydrogens (tertiary/aromatic N) is 1. The van der Waals surface area contributed by atoms with Crippen molar-refractivity contribution in [3.05, 3.63) is 235 Å². The Morgan fingerprint density at radius 1 is 0.357 bits per heavy atom. The van der Waals surface area contributed by atoms with Gasteiger partial charge in [0.2, 0.25) is 0 Å². The third-order valence-electron chi connectivity index (χ3n) is 10.9. The molecule has 0 radical (unpaired) electrons. The van der Waals surface area contributed by atoms with Gasteiger partial charge in [0.15, 0.2) is 0 Å². The van der Waals surface area contributed by atoms with Crippen LogP contribution < -0.4 is 5.32 Å². The minimum absolute atomic E-state index is 0.0120. The molecule has 0 bridgehead atoms. The fraction of sp³-hybridized carbons (Fsp3) is 0.0185. The summed E-state index contributed by atoms with van der Waals surface area (Å²) in [5.74, 6) is 0. The molecule has 0 saturated heterocycles. The van der Waals surface area contributed by atoms with Crippen LogP contribution in [0.15, 0.2) is 218 Å². The van der Waals surface area contributed by atoms with Crippen molar-refractivity contribution in [2.24, 2.45) is 0 Å². The van der Waals surface area contributed by atoms with E-state index in [2.05, 4.69) is 224 Å². The molecule has 0 saturated carbocycles. The first-order chi connectivity index (χ1) is 27.7. The van der Waals surface area contributed by atoms with Gasteiger partial charge in [0.05, 0.1) is 17.4 Å². The quantitative estimate of drug-likeness (QED) is 0.178. The Morgan fingerprint density at radius 2 is 0.821 bits per heavy atom. The number of anilines is 1. The second kappa shape index (κ2) is 14.5. The van der Waals surface area contributed by atoms with Gasteiger partial charge in [-0.15, -0.1) is 0 Å². The molecule has 1 unspecified atom stereocenters. The molecular formula is C54H38N2. The smallest absolute Gasteiger partial charge is 0.0715 e. The average molecular weight is 715 g/mol. The van der Waals surface area contributed by atoms with E-state index in [0.717, 1.165) is 39.3 Å². The number of benzene rings is 8. The Balaban J connectivity index is 1.20. The number of aromatic nitrogens is 1. The minimum atomic E-state index is 0.0120. The molecule has 10 rings (SSSR count). The van der Waals surface area contributed by atoms with Crippen LogP contribution in [0.2, 0.25) is 0 Å². The van der Waals surface area contributed by atoms with Crippen LogP contribution in [0, 0.1) is 0 Å². The lowest BCUT2D eigenvalue weighted by molar-refractivity contribution is 0.975. The van der Waals surface area contributed by atoms with Gasteiger partial charge in [-0.2, -0.15) is 0 Å². The first-order valence-corrected chi connectivity index (χ1v) is 19.2. The predicted octanol–water partition coefficient (Wildman–Crippen LogP) is 14.2. The molecule has 9 aromatic rings. The lowest BCUT2D eigenvalue weighted by Gasteiger charge is -2.29. The summed E-state index contributed by atoms with van der Waals surface area (Å²) < 4.78 is 0. The van der Waals surface area contributed by atoms with Crippen LogP contribution in [0.25, 0.3) is 72.2 Å². The monoisotopic (exact) mass is 714 g/mol. The summed E-state index contributed by atoms with van der Waals surface area (Å²) in [5, 5.41) is 6.38. The SMILES string of the molecule is C1=C(c2ccccc2)c2c(cc(-c3cc(-c4cccc(-c5ccccc5)c4)nc(-c4cccc(-c5ccccc5)c4)c3)c3ccccc23)NC1c1ccccc1. The third kappa shape index (κ3) is 6.38. The van der Waals surface area contributed by atoms with Crippen molar-refractivity contribution in [2.75, 3.05) is 5.32 Å². The second-order valence-corrected chi connectivity index (χ2v) is 14.4. The molecule has 2 heteroatoms. The molecule has 1 aromatic heterocycles.